The van der Waals surface area contributed by atoms with E-state index in [4.69, 9.17) is 4.52 Å². The fourth-order valence-electron chi connectivity index (χ4n) is 2.87. The van der Waals surface area contributed by atoms with Crippen LogP contribution in [0.2, 0.25) is 0 Å². The van der Waals surface area contributed by atoms with E-state index in [9.17, 15) is 0 Å². The number of rotatable bonds is 3. The maximum absolute atomic E-state index is 5.42. The molecule has 0 saturated carbocycles. The lowest BCUT2D eigenvalue weighted by molar-refractivity contribution is 0.432. The molecule has 0 radical (unpaired) electrons. The van der Waals surface area contributed by atoms with Gasteiger partial charge in [-0.2, -0.15) is 4.98 Å². The Labute approximate surface area is 140 Å². The Kier molecular flexibility index (Phi) is 3.96. The van der Waals surface area contributed by atoms with Crippen molar-refractivity contribution in [2.75, 3.05) is 31.1 Å². The predicted molar refractivity (Wildman–Crippen MR) is 92.8 cm³/mol. The van der Waals surface area contributed by atoms with Crippen molar-refractivity contribution in [3.8, 4) is 22.8 Å². The van der Waals surface area contributed by atoms with Crippen molar-refractivity contribution in [2.45, 2.75) is 6.92 Å². The predicted octanol–water partition coefficient (Wildman–Crippen LogP) is 2.52. The van der Waals surface area contributed by atoms with Gasteiger partial charge in [0.25, 0.3) is 5.89 Å². The van der Waals surface area contributed by atoms with E-state index >= 15 is 0 Å². The Morgan fingerprint density at radius 3 is 2.67 bits per heavy atom. The van der Waals surface area contributed by atoms with Crippen LogP contribution in [0.1, 0.15) is 5.56 Å². The van der Waals surface area contributed by atoms with Crippen LogP contribution in [-0.4, -0.2) is 41.3 Å². The third-order valence-corrected chi connectivity index (χ3v) is 4.25. The molecule has 122 valence electrons. The molecule has 1 aliphatic rings. The van der Waals surface area contributed by atoms with Crippen molar-refractivity contribution in [3.05, 3.63) is 48.2 Å². The molecular formula is C18H19N5O. The number of nitrogens with one attached hydrogen (secondary N) is 1. The lowest BCUT2D eigenvalue weighted by atomic mass is 10.1. The molecule has 0 aliphatic carbocycles. The number of benzene rings is 1. The summed E-state index contributed by atoms with van der Waals surface area (Å²) in [6.45, 7) is 5.98. The molecule has 0 spiro atoms. The van der Waals surface area contributed by atoms with Crippen LogP contribution >= 0.6 is 0 Å². The van der Waals surface area contributed by atoms with Gasteiger partial charge in [-0.05, 0) is 24.6 Å². The number of hydrogen-bond donors (Lipinski definition) is 1. The molecule has 6 nitrogen and oxygen atoms in total. The number of aromatic nitrogens is 3. The number of anilines is 1. The Balaban J connectivity index is 1.57. The van der Waals surface area contributed by atoms with E-state index in [-0.39, 0.29) is 0 Å². The SMILES string of the molecule is Cc1ccccc1-c1noc(-c2ccc(N3CCNCC3)nc2)n1. The van der Waals surface area contributed by atoms with Gasteiger partial charge >= 0.3 is 0 Å². The van der Waals surface area contributed by atoms with Crippen LogP contribution in [-0.2, 0) is 0 Å². The zero-order chi connectivity index (χ0) is 16.4. The normalized spacial score (nSPS) is 14.8. The molecule has 3 heterocycles. The molecule has 0 unspecified atom stereocenters. The van der Waals surface area contributed by atoms with Crippen molar-refractivity contribution < 1.29 is 4.52 Å². The lowest BCUT2D eigenvalue weighted by Crippen LogP contribution is -2.43. The Hall–Kier alpha value is -2.73. The average Bonchev–Trinajstić information content (AvgIpc) is 3.13. The Morgan fingerprint density at radius 1 is 1.08 bits per heavy atom. The third-order valence-electron chi connectivity index (χ3n) is 4.25. The second-order valence-corrected chi connectivity index (χ2v) is 5.88. The molecule has 6 heteroatoms. The molecule has 4 rings (SSSR count). The monoisotopic (exact) mass is 321 g/mol. The van der Waals surface area contributed by atoms with Crippen molar-refractivity contribution in [3.63, 3.8) is 0 Å². The first-order valence-corrected chi connectivity index (χ1v) is 8.13. The van der Waals surface area contributed by atoms with Crippen LogP contribution in [0, 0.1) is 6.92 Å². The smallest absolute Gasteiger partial charge is 0.259 e. The van der Waals surface area contributed by atoms with E-state index in [0.29, 0.717) is 11.7 Å². The van der Waals surface area contributed by atoms with Gasteiger partial charge in [-0.25, -0.2) is 4.98 Å². The maximum atomic E-state index is 5.42. The van der Waals surface area contributed by atoms with Crippen molar-refractivity contribution >= 4 is 5.82 Å². The van der Waals surface area contributed by atoms with E-state index in [1.165, 1.54) is 0 Å². The minimum atomic E-state index is 0.493. The third kappa shape index (κ3) is 2.88. The highest BCUT2D eigenvalue weighted by Crippen LogP contribution is 2.25. The Bertz CT molecular complexity index is 821. The summed E-state index contributed by atoms with van der Waals surface area (Å²) in [6, 6.07) is 12.0. The van der Waals surface area contributed by atoms with Crippen LogP contribution in [0.3, 0.4) is 0 Å². The summed E-state index contributed by atoms with van der Waals surface area (Å²) < 4.78 is 5.42. The minimum absolute atomic E-state index is 0.493. The summed E-state index contributed by atoms with van der Waals surface area (Å²) in [7, 11) is 0. The van der Waals surface area contributed by atoms with Gasteiger partial charge in [0.15, 0.2) is 0 Å². The molecule has 0 amide bonds. The molecule has 1 N–H and O–H groups in total. The largest absolute Gasteiger partial charge is 0.354 e. The molecule has 1 aromatic carbocycles. The minimum Gasteiger partial charge on any atom is -0.354 e. The second kappa shape index (κ2) is 6.41. The number of piperazine rings is 1. The van der Waals surface area contributed by atoms with Gasteiger partial charge in [-0.1, -0.05) is 29.4 Å². The number of aryl methyl sites for hydroxylation is 1. The fourth-order valence-corrected chi connectivity index (χ4v) is 2.87. The molecular weight excluding hydrogens is 302 g/mol. The summed E-state index contributed by atoms with van der Waals surface area (Å²) in [5.41, 5.74) is 2.94. The summed E-state index contributed by atoms with van der Waals surface area (Å²) in [5, 5.41) is 7.45. The van der Waals surface area contributed by atoms with Gasteiger partial charge in [0.1, 0.15) is 5.82 Å². The second-order valence-electron chi connectivity index (χ2n) is 5.88. The van der Waals surface area contributed by atoms with Crippen molar-refractivity contribution in [2.24, 2.45) is 0 Å². The van der Waals surface area contributed by atoms with Crippen LogP contribution in [0.25, 0.3) is 22.8 Å². The summed E-state index contributed by atoms with van der Waals surface area (Å²) in [5.74, 6) is 2.08. The molecule has 0 bridgehead atoms. The van der Waals surface area contributed by atoms with Gasteiger partial charge in [-0.3, -0.25) is 0 Å². The van der Waals surface area contributed by atoms with Crippen LogP contribution in [0.5, 0.6) is 0 Å². The quantitative estimate of drug-likeness (QED) is 0.799. The van der Waals surface area contributed by atoms with Gasteiger partial charge in [0, 0.05) is 37.9 Å². The topological polar surface area (TPSA) is 67.1 Å². The standard InChI is InChI=1S/C18H19N5O/c1-13-4-2-3-5-15(13)17-21-18(24-22-17)14-6-7-16(20-12-14)23-10-8-19-9-11-23/h2-7,12,19H,8-11H2,1H3. The maximum Gasteiger partial charge on any atom is 0.259 e. The first-order valence-electron chi connectivity index (χ1n) is 8.13. The summed E-state index contributed by atoms with van der Waals surface area (Å²) in [6.07, 6.45) is 1.80. The van der Waals surface area contributed by atoms with E-state index in [2.05, 4.69) is 25.3 Å². The van der Waals surface area contributed by atoms with Gasteiger partial charge in [0.05, 0.1) is 5.56 Å². The molecule has 24 heavy (non-hydrogen) atoms. The Morgan fingerprint density at radius 2 is 1.92 bits per heavy atom. The summed E-state index contributed by atoms with van der Waals surface area (Å²) in [4.78, 5) is 11.3. The highest BCUT2D eigenvalue weighted by Gasteiger charge is 2.14. The fraction of sp³-hybridized carbons (Fsp3) is 0.278. The highest BCUT2D eigenvalue weighted by atomic mass is 16.5. The van der Waals surface area contributed by atoms with Crippen LogP contribution in [0.15, 0.2) is 47.1 Å². The molecule has 1 aliphatic heterocycles. The highest BCUT2D eigenvalue weighted by molar-refractivity contribution is 5.62. The first kappa shape index (κ1) is 14.8. The average molecular weight is 321 g/mol. The van der Waals surface area contributed by atoms with E-state index in [1.54, 1.807) is 6.20 Å². The number of pyridine rings is 1. The zero-order valence-electron chi connectivity index (χ0n) is 13.6. The van der Waals surface area contributed by atoms with E-state index in [0.717, 1.165) is 48.7 Å². The zero-order valence-corrected chi connectivity index (χ0v) is 13.6. The molecule has 3 aromatic rings. The first-order chi connectivity index (χ1) is 11.8. The van der Waals surface area contributed by atoms with E-state index in [1.807, 2.05) is 43.3 Å². The molecule has 2 aromatic heterocycles. The van der Waals surface area contributed by atoms with Gasteiger partial charge in [0.2, 0.25) is 5.82 Å². The van der Waals surface area contributed by atoms with Crippen molar-refractivity contribution in [1.82, 2.24) is 20.4 Å². The lowest BCUT2D eigenvalue weighted by Gasteiger charge is -2.28. The van der Waals surface area contributed by atoms with Crippen LogP contribution in [0.4, 0.5) is 5.82 Å². The van der Waals surface area contributed by atoms with Crippen LogP contribution < -0.4 is 10.2 Å². The van der Waals surface area contributed by atoms with Gasteiger partial charge < -0.3 is 14.7 Å². The molecule has 1 saturated heterocycles. The van der Waals surface area contributed by atoms with Crippen molar-refractivity contribution in [1.29, 1.82) is 0 Å². The van der Waals surface area contributed by atoms with Gasteiger partial charge in [-0.15, -0.1) is 0 Å². The van der Waals surface area contributed by atoms with E-state index < -0.39 is 0 Å². The number of hydrogen-bond acceptors (Lipinski definition) is 6. The summed E-state index contributed by atoms with van der Waals surface area (Å²) >= 11 is 0. The molecule has 1 fully saturated rings. The molecule has 0 atom stereocenters. The number of nitrogens with zero attached hydrogens (tertiary/aromatic N) is 4.